The number of hydrogen-bond acceptors (Lipinski definition) is 2. The van der Waals surface area contributed by atoms with Crippen molar-refractivity contribution in [2.45, 2.75) is 12.2 Å². The van der Waals surface area contributed by atoms with E-state index in [-0.39, 0.29) is 17.4 Å². The van der Waals surface area contributed by atoms with Gasteiger partial charge in [0.25, 0.3) is 5.91 Å². The zero-order valence-corrected chi connectivity index (χ0v) is 14.2. The molecule has 1 amide bonds. The van der Waals surface area contributed by atoms with E-state index in [0.717, 1.165) is 5.56 Å². The summed E-state index contributed by atoms with van der Waals surface area (Å²) in [5.41, 5.74) is 1.70. The standard InChI is InChI=1S/C20H17FN2OS/c21-20(14-8-7-13-17(20)15-9-3-1-4-10-15)23-19(25)22-18(24)16-11-5-2-6-12-16/h1-13H,14H2,(H2,22,23,24,25). The van der Waals surface area contributed by atoms with Gasteiger partial charge in [-0.05, 0) is 29.9 Å². The first kappa shape index (κ1) is 17.0. The van der Waals surface area contributed by atoms with Crippen molar-refractivity contribution in [3.05, 3.63) is 90.0 Å². The van der Waals surface area contributed by atoms with Gasteiger partial charge >= 0.3 is 0 Å². The van der Waals surface area contributed by atoms with Crippen LogP contribution in [-0.2, 0) is 0 Å². The number of carbonyl (C=O) groups excluding carboxylic acids is 1. The van der Waals surface area contributed by atoms with Crippen LogP contribution in [0.25, 0.3) is 5.57 Å². The lowest BCUT2D eigenvalue weighted by molar-refractivity contribution is 0.0975. The van der Waals surface area contributed by atoms with E-state index in [1.807, 2.05) is 42.5 Å². The minimum atomic E-state index is -1.88. The van der Waals surface area contributed by atoms with Gasteiger partial charge in [0, 0.05) is 17.6 Å². The summed E-state index contributed by atoms with van der Waals surface area (Å²) in [4.78, 5) is 12.2. The van der Waals surface area contributed by atoms with Gasteiger partial charge in [-0.1, -0.05) is 66.8 Å². The van der Waals surface area contributed by atoms with Crippen molar-refractivity contribution in [2.24, 2.45) is 0 Å². The Morgan fingerprint density at radius 2 is 1.68 bits per heavy atom. The van der Waals surface area contributed by atoms with Gasteiger partial charge in [0.05, 0.1) is 0 Å². The highest BCUT2D eigenvalue weighted by atomic mass is 32.1. The second kappa shape index (κ2) is 7.40. The maximum Gasteiger partial charge on any atom is 0.257 e. The molecular weight excluding hydrogens is 335 g/mol. The second-order valence-corrected chi connectivity index (χ2v) is 6.06. The molecule has 1 unspecified atom stereocenters. The van der Waals surface area contributed by atoms with Crippen LogP contribution in [0, 0.1) is 0 Å². The molecule has 0 saturated heterocycles. The number of amides is 1. The minimum Gasteiger partial charge on any atom is -0.326 e. The highest BCUT2D eigenvalue weighted by Gasteiger charge is 2.36. The van der Waals surface area contributed by atoms with Crippen molar-refractivity contribution in [3.8, 4) is 0 Å². The third-order valence-electron chi connectivity index (χ3n) is 3.88. The van der Waals surface area contributed by atoms with Gasteiger partial charge in [-0.15, -0.1) is 0 Å². The highest BCUT2D eigenvalue weighted by Crippen LogP contribution is 2.34. The van der Waals surface area contributed by atoms with Crippen molar-refractivity contribution in [1.29, 1.82) is 0 Å². The highest BCUT2D eigenvalue weighted by molar-refractivity contribution is 7.80. The predicted molar refractivity (Wildman–Crippen MR) is 102 cm³/mol. The average molecular weight is 352 g/mol. The fourth-order valence-electron chi connectivity index (χ4n) is 2.67. The van der Waals surface area contributed by atoms with E-state index in [0.29, 0.717) is 11.1 Å². The Hall–Kier alpha value is -2.79. The van der Waals surface area contributed by atoms with E-state index in [4.69, 9.17) is 12.2 Å². The van der Waals surface area contributed by atoms with E-state index in [9.17, 15) is 4.79 Å². The van der Waals surface area contributed by atoms with Crippen LogP contribution in [0.5, 0.6) is 0 Å². The molecule has 3 nitrogen and oxygen atoms in total. The molecule has 5 heteroatoms. The van der Waals surface area contributed by atoms with Crippen LogP contribution in [0.4, 0.5) is 4.39 Å². The van der Waals surface area contributed by atoms with Gasteiger partial charge < -0.3 is 5.32 Å². The third kappa shape index (κ3) is 4.00. The van der Waals surface area contributed by atoms with Crippen LogP contribution in [0.15, 0.2) is 78.9 Å². The summed E-state index contributed by atoms with van der Waals surface area (Å²) in [5, 5.41) is 5.14. The van der Waals surface area contributed by atoms with E-state index in [1.165, 1.54) is 0 Å². The Morgan fingerprint density at radius 1 is 1.04 bits per heavy atom. The molecule has 2 N–H and O–H groups in total. The summed E-state index contributed by atoms with van der Waals surface area (Å²) in [5.74, 6) is -2.25. The average Bonchev–Trinajstić information content (AvgIpc) is 2.63. The topological polar surface area (TPSA) is 41.1 Å². The summed E-state index contributed by atoms with van der Waals surface area (Å²) >= 11 is 5.15. The molecule has 2 aromatic rings. The lowest BCUT2D eigenvalue weighted by Gasteiger charge is -2.31. The van der Waals surface area contributed by atoms with Crippen molar-refractivity contribution < 1.29 is 9.18 Å². The van der Waals surface area contributed by atoms with Crippen molar-refractivity contribution in [1.82, 2.24) is 10.6 Å². The second-order valence-electron chi connectivity index (χ2n) is 5.65. The number of benzene rings is 2. The summed E-state index contributed by atoms with van der Waals surface area (Å²) in [6.07, 6.45) is 5.37. The molecule has 0 bridgehead atoms. The Bertz CT molecular complexity index is 833. The number of thiocarbonyl (C=S) groups is 1. The van der Waals surface area contributed by atoms with Gasteiger partial charge in [0.15, 0.2) is 5.11 Å². The van der Waals surface area contributed by atoms with Gasteiger partial charge in [0.2, 0.25) is 5.79 Å². The number of allylic oxidation sites excluding steroid dienone is 2. The number of carbonyl (C=O) groups is 1. The van der Waals surface area contributed by atoms with Crippen molar-refractivity contribution >= 4 is 28.8 Å². The lowest BCUT2D eigenvalue weighted by atomic mass is 9.90. The van der Waals surface area contributed by atoms with Crippen LogP contribution in [0.3, 0.4) is 0 Å². The smallest absolute Gasteiger partial charge is 0.257 e. The van der Waals surface area contributed by atoms with Gasteiger partial charge in [-0.25, -0.2) is 4.39 Å². The molecule has 0 radical (unpaired) electrons. The maximum absolute atomic E-state index is 15.6. The number of rotatable bonds is 3. The number of halogens is 1. The van der Waals surface area contributed by atoms with Crippen LogP contribution in [-0.4, -0.2) is 16.8 Å². The molecule has 0 spiro atoms. The normalized spacial score (nSPS) is 19.0. The van der Waals surface area contributed by atoms with Crippen LogP contribution in [0.1, 0.15) is 22.3 Å². The zero-order valence-electron chi connectivity index (χ0n) is 13.4. The Morgan fingerprint density at radius 3 is 2.36 bits per heavy atom. The quantitative estimate of drug-likeness (QED) is 0.648. The van der Waals surface area contributed by atoms with Gasteiger partial charge in [-0.3, -0.25) is 10.1 Å². The van der Waals surface area contributed by atoms with E-state index in [2.05, 4.69) is 10.6 Å². The fraction of sp³-hybridized carbons (Fsp3) is 0.100. The number of alkyl halides is 1. The van der Waals surface area contributed by atoms with Crippen LogP contribution < -0.4 is 10.6 Å². The van der Waals surface area contributed by atoms with Crippen LogP contribution in [0.2, 0.25) is 0 Å². The third-order valence-corrected chi connectivity index (χ3v) is 4.09. The molecule has 3 rings (SSSR count). The first-order valence-corrected chi connectivity index (χ1v) is 8.29. The fourth-order valence-corrected chi connectivity index (χ4v) is 2.93. The van der Waals surface area contributed by atoms with Gasteiger partial charge in [0.1, 0.15) is 0 Å². The largest absolute Gasteiger partial charge is 0.326 e. The maximum atomic E-state index is 15.6. The van der Waals surface area contributed by atoms with E-state index < -0.39 is 5.79 Å². The molecule has 0 aliphatic heterocycles. The number of hydrogen-bond donors (Lipinski definition) is 2. The first-order valence-electron chi connectivity index (χ1n) is 7.89. The Labute approximate surface area is 151 Å². The Kier molecular flexibility index (Phi) is 5.05. The molecule has 0 heterocycles. The molecule has 1 aliphatic rings. The Balaban J connectivity index is 1.74. The summed E-state index contributed by atoms with van der Waals surface area (Å²) in [7, 11) is 0. The predicted octanol–water partition coefficient (Wildman–Crippen LogP) is 4.00. The minimum absolute atomic E-state index is 0.0477. The van der Waals surface area contributed by atoms with Gasteiger partial charge in [-0.2, -0.15) is 0 Å². The summed E-state index contributed by atoms with van der Waals surface area (Å²) < 4.78 is 15.6. The molecular formula is C20H17FN2OS. The molecule has 25 heavy (non-hydrogen) atoms. The molecule has 1 atom stereocenters. The number of nitrogens with one attached hydrogen (secondary N) is 2. The van der Waals surface area contributed by atoms with E-state index >= 15 is 4.39 Å². The molecule has 2 aromatic carbocycles. The van der Waals surface area contributed by atoms with E-state index in [1.54, 1.807) is 36.4 Å². The molecule has 0 saturated carbocycles. The molecule has 0 aromatic heterocycles. The molecule has 1 aliphatic carbocycles. The monoisotopic (exact) mass is 352 g/mol. The molecule has 0 fully saturated rings. The first-order chi connectivity index (χ1) is 12.1. The van der Waals surface area contributed by atoms with Crippen molar-refractivity contribution in [3.63, 3.8) is 0 Å². The zero-order chi connectivity index (χ0) is 17.7. The summed E-state index contributed by atoms with van der Waals surface area (Å²) in [6, 6.07) is 17.9. The summed E-state index contributed by atoms with van der Waals surface area (Å²) in [6.45, 7) is 0. The molecule has 126 valence electrons. The van der Waals surface area contributed by atoms with Crippen molar-refractivity contribution in [2.75, 3.05) is 0 Å². The van der Waals surface area contributed by atoms with Crippen LogP contribution >= 0.6 is 12.2 Å². The lowest BCUT2D eigenvalue weighted by Crippen LogP contribution is -2.51. The SMILES string of the molecule is O=C(NC(=S)NC1(F)CC=CC=C1c1ccccc1)c1ccccc1.